The zero-order chi connectivity index (χ0) is 20.2. The van der Waals surface area contributed by atoms with E-state index < -0.39 is 5.82 Å². The van der Waals surface area contributed by atoms with Crippen molar-refractivity contribution in [3.63, 3.8) is 0 Å². The number of benzene rings is 2. The van der Waals surface area contributed by atoms with Crippen LogP contribution in [0.3, 0.4) is 0 Å². The second kappa shape index (κ2) is 8.44. The number of hydrogen-bond acceptors (Lipinski definition) is 3. The van der Waals surface area contributed by atoms with Crippen LogP contribution in [0.2, 0.25) is 0 Å². The lowest BCUT2D eigenvalue weighted by molar-refractivity contribution is 0.0928. The molecule has 2 aromatic rings. The summed E-state index contributed by atoms with van der Waals surface area (Å²) < 4.78 is 14.1. The van der Waals surface area contributed by atoms with E-state index in [0.717, 1.165) is 6.54 Å². The van der Waals surface area contributed by atoms with Crippen molar-refractivity contribution in [3.8, 4) is 11.1 Å². The summed E-state index contributed by atoms with van der Waals surface area (Å²) in [6.07, 6.45) is 0. The first-order valence-corrected chi connectivity index (χ1v) is 8.93. The van der Waals surface area contributed by atoms with E-state index in [-0.39, 0.29) is 17.1 Å². The van der Waals surface area contributed by atoms with Gasteiger partial charge in [-0.25, -0.2) is 4.39 Å². The Morgan fingerprint density at radius 3 is 2.19 bits per heavy atom. The van der Waals surface area contributed by atoms with Crippen molar-refractivity contribution in [3.05, 3.63) is 59.4 Å². The summed E-state index contributed by atoms with van der Waals surface area (Å²) in [4.78, 5) is 26.0. The van der Waals surface area contributed by atoms with Gasteiger partial charge in [0.15, 0.2) is 5.78 Å². The number of nitrogens with zero attached hydrogens (tertiary/aromatic N) is 1. The minimum Gasteiger partial charge on any atom is -0.351 e. The minimum atomic E-state index is -0.400. The maximum Gasteiger partial charge on any atom is 0.251 e. The molecule has 0 heterocycles. The Kier molecular flexibility index (Phi) is 6.50. The van der Waals surface area contributed by atoms with E-state index >= 15 is 0 Å². The summed E-state index contributed by atoms with van der Waals surface area (Å²) in [5.74, 6) is -0.679. The largest absolute Gasteiger partial charge is 0.351 e. The van der Waals surface area contributed by atoms with E-state index in [4.69, 9.17) is 0 Å². The van der Waals surface area contributed by atoms with Gasteiger partial charge in [0.05, 0.1) is 0 Å². The van der Waals surface area contributed by atoms with Crippen LogP contribution in [0.25, 0.3) is 11.1 Å². The molecule has 144 valence electrons. The van der Waals surface area contributed by atoms with Gasteiger partial charge in [-0.15, -0.1) is 0 Å². The molecular weight excluding hydrogens is 343 g/mol. The standard InChI is InChI=1S/C22H27FN2O2/c1-15(26)18-10-11-20(23)19(12-18)16-6-8-17(9-7-16)21(27)24-13-22(2,3)14-25(4)5/h6-12H,13-14H2,1-5H3,(H,24,27). The van der Waals surface area contributed by atoms with Gasteiger partial charge < -0.3 is 10.2 Å². The SMILES string of the molecule is CC(=O)c1ccc(F)c(-c2ccc(C(=O)NCC(C)(C)CN(C)C)cc2)c1. The minimum absolute atomic E-state index is 0.0463. The fraction of sp³-hybridized carbons (Fsp3) is 0.364. The van der Waals surface area contributed by atoms with E-state index in [1.165, 1.54) is 25.1 Å². The van der Waals surface area contributed by atoms with Crippen LogP contribution in [0.4, 0.5) is 4.39 Å². The number of nitrogens with one attached hydrogen (secondary N) is 1. The van der Waals surface area contributed by atoms with Crippen molar-refractivity contribution < 1.29 is 14.0 Å². The van der Waals surface area contributed by atoms with E-state index in [2.05, 4.69) is 24.1 Å². The fourth-order valence-corrected chi connectivity index (χ4v) is 3.10. The predicted octanol–water partition coefficient (Wildman–Crippen LogP) is 4.01. The summed E-state index contributed by atoms with van der Waals surface area (Å²) in [5, 5.41) is 2.95. The third kappa shape index (κ3) is 5.73. The lowest BCUT2D eigenvalue weighted by atomic mass is 9.93. The van der Waals surface area contributed by atoms with Gasteiger partial charge in [0.25, 0.3) is 5.91 Å². The lowest BCUT2D eigenvalue weighted by Gasteiger charge is -2.28. The molecule has 5 heteroatoms. The normalized spacial score (nSPS) is 11.5. The highest BCUT2D eigenvalue weighted by molar-refractivity contribution is 5.96. The van der Waals surface area contributed by atoms with Crippen molar-refractivity contribution in [1.29, 1.82) is 0 Å². The zero-order valence-corrected chi connectivity index (χ0v) is 16.6. The van der Waals surface area contributed by atoms with Gasteiger partial charge in [0, 0.05) is 29.8 Å². The smallest absolute Gasteiger partial charge is 0.251 e. The molecule has 2 rings (SSSR count). The topological polar surface area (TPSA) is 49.4 Å². The molecule has 0 spiro atoms. The zero-order valence-electron chi connectivity index (χ0n) is 16.6. The fourth-order valence-electron chi connectivity index (χ4n) is 3.10. The van der Waals surface area contributed by atoms with Gasteiger partial charge in [-0.2, -0.15) is 0 Å². The van der Waals surface area contributed by atoms with Gasteiger partial charge in [-0.05, 0) is 62.3 Å². The van der Waals surface area contributed by atoms with Crippen LogP contribution in [0.15, 0.2) is 42.5 Å². The molecule has 0 aliphatic rings. The molecule has 0 bridgehead atoms. The summed E-state index contributed by atoms with van der Waals surface area (Å²) in [6.45, 7) is 7.06. The quantitative estimate of drug-likeness (QED) is 0.749. The van der Waals surface area contributed by atoms with Crippen LogP contribution in [0.5, 0.6) is 0 Å². The number of amides is 1. The van der Waals surface area contributed by atoms with E-state index in [1.807, 2.05) is 14.1 Å². The Hall–Kier alpha value is -2.53. The van der Waals surface area contributed by atoms with Crippen molar-refractivity contribution in [2.75, 3.05) is 27.2 Å². The Bertz CT molecular complexity index is 827. The molecule has 27 heavy (non-hydrogen) atoms. The molecular formula is C22H27FN2O2. The maximum absolute atomic E-state index is 14.1. The average Bonchev–Trinajstić information content (AvgIpc) is 2.59. The van der Waals surface area contributed by atoms with Crippen LogP contribution in [-0.4, -0.2) is 43.8 Å². The number of carbonyl (C=O) groups is 2. The molecule has 0 aromatic heterocycles. The monoisotopic (exact) mass is 370 g/mol. The Balaban J connectivity index is 2.12. The Morgan fingerprint density at radius 1 is 1.04 bits per heavy atom. The molecule has 0 fully saturated rings. The Labute approximate surface area is 160 Å². The number of Topliss-reactive ketones (excluding diaryl/α,β-unsaturated/α-hetero) is 1. The van der Waals surface area contributed by atoms with Crippen molar-refractivity contribution in [2.45, 2.75) is 20.8 Å². The molecule has 0 unspecified atom stereocenters. The summed E-state index contributed by atoms with van der Waals surface area (Å²) in [5.41, 5.74) is 1.90. The van der Waals surface area contributed by atoms with E-state index in [1.54, 1.807) is 24.3 Å². The summed E-state index contributed by atoms with van der Waals surface area (Å²) in [6, 6.07) is 11.0. The van der Waals surface area contributed by atoms with Gasteiger partial charge in [0.2, 0.25) is 0 Å². The average molecular weight is 370 g/mol. The molecule has 0 radical (unpaired) electrons. The maximum atomic E-state index is 14.1. The summed E-state index contributed by atoms with van der Waals surface area (Å²) >= 11 is 0. The molecule has 1 amide bonds. The van der Waals surface area contributed by atoms with Crippen LogP contribution in [0, 0.1) is 11.2 Å². The molecule has 0 aliphatic heterocycles. The van der Waals surface area contributed by atoms with E-state index in [9.17, 15) is 14.0 Å². The lowest BCUT2D eigenvalue weighted by Crippen LogP contribution is -2.39. The molecule has 0 saturated carbocycles. The predicted molar refractivity (Wildman–Crippen MR) is 107 cm³/mol. The first kappa shape index (κ1) is 20.8. The number of ketones is 1. The van der Waals surface area contributed by atoms with Crippen molar-refractivity contribution >= 4 is 11.7 Å². The summed E-state index contributed by atoms with van der Waals surface area (Å²) in [7, 11) is 4.01. The number of rotatable bonds is 7. The Morgan fingerprint density at radius 2 is 1.63 bits per heavy atom. The van der Waals surface area contributed by atoms with Crippen LogP contribution >= 0.6 is 0 Å². The van der Waals surface area contributed by atoms with Crippen LogP contribution in [0.1, 0.15) is 41.5 Å². The highest BCUT2D eigenvalue weighted by Crippen LogP contribution is 2.25. The molecule has 4 nitrogen and oxygen atoms in total. The third-order valence-corrected chi connectivity index (χ3v) is 4.30. The second-order valence-electron chi connectivity index (χ2n) is 7.91. The first-order valence-electron chi connectivity index (χ1n) is 8.93. The van der Waals surface area contributed by atoms with Gasteiger partial charge in [0.1, 0.15) is 5.82 Å². The molecule has 0 aliphatic carbocycles. The molecule has 0 atom stereocenters. The number of halogens is 1. The number of hydrogen-bond donors (Lipinski definition) is 1. The van der Waals surface area contributed by atoms with Crippen molar-refractivity contribution in [1.82, 2.24) is 10.2 Å². The van der Waals surface area contributed by atoms with Gasteiger partial charge in [-0.1, -0.05) is 26.0 Å². The molecule has 2 aromatic carbocycles. The van der Waals surface area contributed by atoms with Crippen LogP contribution < -0.4 is 5.32 Å². The van der Waals surface area contributed by atoms with Gasteiger partial charge in [-0.3, -0.25) is 9.59 Å². The number of carbonyl (C=O) groups excluding carboxylic acids is 2. The second-order valence-corrected chi connectivity index (χ2v) is 7.91. The molecule has 0 saturated heterocycles. The van der Waals surface area contributed by atoms with Crippen LogP contribution in [-0.2, 0) is 0 Å². The van der Waals surface area contributed by atoms with Gasteiger partial charge >= 0.3 is 0 Å². The highest BCUT2D eigenvalue weighted by Gasteiger charge is 2.20. The highest BCUT2D eigenvalue weighted by atomic mass is 19.1. The first-order chi connectivity index (χ1) is 12.6. The molecule has 1 N–H and O–H groups in total. The van der Waals surface area contributed by atoms with E-state index in [0.29, 0.717) is 28.8 Å². The third-order valence-electron chi connectivity index (χ3n) is 4.30. The van der Waals surface area contributed by atoms with Crippen molar-refractivity contribution in [2.24, 2.45) is 5.41 Å².